The van der Waals surface area contributed by atoms with Crippen LogP contribution in [0, 0.1) is 0 Å². The zero-order valence-electron chi connectivity index (χ0n) is 17.6. The Bertz CT molecular complexity index is 1050. The lowest BCUT2D eigenvalue weighted by Crippen LogP contribution is -2.47. The van der Waals surface area contributed by atoms with Gasteiger partial charge < -0.3 is 18.9 Å². The molecule has 2 heterocycles. The molecule has 0 bridgehead atoms. The van der Waals surface area contributed by atoms with Gasteiger partial charge in [-0.2, -0.15) is 0 Å². The van der Waals surface area contributed by atoms with Gasteiger partial charge in [-0.3, -0.25) is 23.6 Å². The van der Waals surface area contributed by atoms with E-state index in [-0.39, 0.29) is 29.9 Å². The van der Waals surface area contributed by atoms with E-state index in [0.717, 1.165) is 18.6 Å². The third-order valence-electron chi connectivity index (χ3n) is 4.63. The molecular formula is C21H23NO9. The fourth-order valence-electron chi connectivity index (χ4n) is 3.17. The number of hydrogen-bond acceptors (Lipinski definition) is 9. The van der Waals surface area contributed by atoms with Crippen molar-refractivity contribution < 1.29 is 38.1 Å². The highest BCUT2D eigenvalue weighted by atomic mass is 16.6. The minimum atomic E-state index is -2.15. The van der Waals surface area contributed by atoms with Crippen molar-refractivity contribution in [2.45, 2.75) is 25.7 Å². The molecule has 0 atom stereocenters. The Hall–Kier alpha value is -3.69. The first-order valence-corrected chi connectivity index (χ1v) is 9.42. The molecular weight excluding hydrogens is 410 g/mol. The highest BCUT2D eigenvalue weighted by Crippen LogP contribution is 2.33. The van der Waals surface area contributed by atoms with E-state index in [1.165, 1.54) is 30.5 Å². The van der Waals surface area contributed by atoms with Crippen LogP contribution in [-0.2, 0) is 38.7 Å². The summed E-state index contributed by atoms with van der Waals surface area (Å²) >= 11 is 0. The second kappa shape index (κ2) is 9.88. The molecule has 0 saturated heterocycles. The number of pyridine rings is 2. The number of rotatable bonds is 8. The molecule has 0 amide bonds. The Balaban J connectivity index is 2.71. The number of methoxy groups -OCH3 is 2. The van der Waals surface area contributed by atoms with Crippen molar-refractivity contribution in [2.24, 2.45) is 0 Å². The van der Waals surface area contributed by atoms with Crippen LogP contribution in [0.3, 0.4) is 0 Å². The molecule has 2 rings (SSSR count). The molecule has 0 aromatic carbocycles. The van der Waals surface area contributed by atoms with E-state index in [0.29, 0.717) is 0 Å². The molecule has 31 heavy (non-hydrogen) atoms. The third kappa shape index (κ3) is 4.42. The van der Waals surface area contributed by atoms with Crippen molar-refractivity contribution in [1.29, 1.82) is 0 Å². The van der Waals surface area contributed by atoms with Crippen LogP contribution in [0.4, 0.5) is 0 Å². The van der Waals surface area contributed by atoms with Crippen molar-refractivity contribution in [2.75, 3.05) is 27.4 Å². The molecule has 0 aliphatic carbocycles. The molecule has 0 aliphatic rings. The molecule has 0 radical (unpaired) electrons. The number of ether oxygens (including phenoxy) is 4. The van der Waals surface area contributed by atoms with E-state index in [2.05, 4.69) is 0 Å². The zero-order valence-corrected chi connectivity index (χ0v) is 17.6. The fraction of sp³-hybridized carbons (Fsp3) is 0.381. The molecule has 10 nitrogen and oxygen atoms in total. The standard InChI is InChI=1S/C21H23NO9/c1-5-30-16(23)12-21(19(26)28-3,20(27)29-4)13-9-10-22-14(11-13)7-8-15(17(22)24)18(25)31-6-2/h7-11H,5-6,12H2,1-4H3. The highest BCUT2D eigenvalue weighted by molar-refractivity contribution is 6.09. The van der Waals surface area contributed by atoms with E-state index in [9.17, 15) is 24.0 Å². The van der Waals surface area contributed by atoms with Crippen LogP contribution in [0.15, 0.2) is 35.3 Å². The van der Waals surface area contributed by atoms with Crippen molar-refractivity contribution >= 4 is 29.4 Å². The lowest BCUT2D eigenvalue weighted by molar-refractivity contribution is -0.167. The smallest absolute Gasteiger partial charge is 0.343 e. The van der Waals surface area contributed by atoms with E-state index in [1.807, 2.05) is 0 Å². The maximum atomic E-state index is 12.7. The molecule has 10 heteroatoms. The molecule has 0 unspecified atom stereocenters. The highest BCUT2D eigenvalue weighted by Gasteiger charge is 2.52. The molecule has 0 aliphatic heterocycles. The van der Waals surface area contributed by atoms with Crippen molar-refractivity contribution in [3.63, 3.8) is 0 Å². The Morgan fingerprint density at radius 1 is 0.935 bits per heavy atom. The van der Waals surface area contributed by atoms with Gasteiger partial charge in [-0.05, 0) is 43.7 Å². The van der Waals surface area contributed by atoms with Crippen LogP contribution in [-0.4, -0.2) is 55.7 Å². The lowest BCUT2D eigenvalue weighted by Gasteiger charge is -2.28. The largest absolute Gasteiger partial charge is 0.468 e. The minimum Gasteiger partial charge on any atom is -0.468 e. The van der Waals surface area contributed by atoms with Gasteiger partial charge in [0.1, 0.15) is 5.56 Å². The second-order valence-electron chi connectivity index (χ2n) is 6.35. The van der Waals surface area contributed by atoms with Gasteiger partial charge >= 0.3 is 23.9 Å². The third-order valence-corrected chi connectivity index (χ3v) is 4.63. The van der Waals surface area contributed by atoms with E-state index in [4.69, 9.17) is 18.9 Å². The van der Waals surface area contributed by atoms with Gasteiger partial charge in [0.05, 0.1) is 33.9 Å². The quantitative estimate of drug-likeness (QED) is 0.340. The lowest BCUT2D eigenvalue weighted by atomic mass is 9.77. The monoisotopic (exact) mass is 433 g/mol. The Morgan fingerprint density at radius 3 is 2.10 bits per heavy atom. The molecule has 0 saturated carbocycles. The van der Waals surface area contributed by atoms with Crippen LogP contribution in [0.5, 0.6) is 0 Å². The Labute approximate surface area is 177 Å². The Kier molecular flexibility index (Phi) is 7.51. The SMILES string of the molecule is CCOC(=O)CC(C(=O)OC)(C(=O)OC)c1ccn2c(=O)c(C(=O)OCC)ccc2c1. The average Bonchev–Trinajstić information content (AvgIpc) is 2.76. The van der Waals surface area contributed by atoms with Crippen molar-refractivity contribution in [3.05, 3.63) is 51.9 Å². The summed E-state index contributed by atoms with van der Waals surface area (Å²) in [6.45, 7) is 3.35. The van der Waals surface area contributed by atoms with Crippen LogP contribution < -0.4 is 5.56 Å². The number of hydrogen-bond donors (Lipinski definition) is 0. The first kappa shape index (κ1) is 23.6. The molecule has 2 aromatic heterocycles. The normalized spacial score (nSPS) is 11.0. The minimum absolute atomic E-state index is 0.0427. The summed E-state index contributed by atoms with van der Waals surface area (Å²) < 4.78 is 20.6. The first-order chi connectivity index (χ1) is 14.8. The summed E-state index contributed by atoms with van der Waals surface area (Å²) in [7, 11) is 2.14. The van der Waals surface area contributed by atoms with Crippen molar-refractivity contribution in [1.82, 2.24) is 4.40 Å². The van der Waals surface area contributed by atoms with Gasteiger partial charge in [-0.1, -0.05) is 0 Å². The first-order valence-electron chi connectivity index (χ1n) is 9.42. The van der Waals surface area contributed by atoms with Gasteiger partial charge in [-0.25, -0.2) is 4.79 Å². The van der Waals surface area contributed by atoms with Gasteiger partial charge in [0.15, 0.2) is 0 Å². The van der Waals surface area contributed by atoms with Gasteiger partial charge in [0.2, 0.25) is 5.41 Å². The summed E-state index contributed by atoms with van der Waals surface area (Å²) in [6.07, 6.45) is 0.614. The number of esters is 4. The van der Waals surface area contributed by atoms with Crippen LogP contribution >= 0.6 is 0 Å². The van der Waals surface area contributed by atoms with Crippen LogP contribution in [0.1, 0.15) is 36.2 Å². The number of carbonyl (C=O) groups excluding carboxylic acids is 4. The predicted molar refractivity (Wildman–Crippen MR) is 107 cm³/mol. The molecule has 0 fully saturated rings. The predicted octanol–water partition coefficient (Wildman–Crippen LogP) is 1.01. The van der Waals surface area contributed by atoms with Gasteiger partial charge in [-0.15, -0.1) is 0 Å². The summed E-state index contributed by atoms with van der Waals surface area (Å²) in [5.41, 5.74) is -2.65. The van der Waals surface area contributed by atoms with Crippen LogP contribution in [0.2, 0.25) is 0 Å². The Morgan fingerprint density at radius 2 is 1.55 bits per heavy atom. The molecule has 166 valence electrons. The number of nitrogens with zero attached hydrogens (tertiary/aromatic N) is 1. The second-order valence-corrected chi connectivity index (χ2v) is 6.35. The number of carbonyl (C=O) groups is 4. The van der Waals surface area contributed by atoms with Gasteiger partial charge in [0.25, 0.3) is 5.56 Å². The van der Waals surface area contributed by atoms with E-state index in [1.54, 1.807) is 13.8 Å². The summed E-state index contributed by atoms with van der Waals surface area (Å²) in [4.78, 5) is 62.3. The molecule has 0 N–H and O–H groups in total. The summed E-state index contributed by atoms with van der Waals surface area (Å²) in [5, 5.41) is 0. The van der Waals surface area contributed by atoms with Crippen molar-refractivity contribution in [3.8, 4) is 0 Å². The summed E-state index contributed by atoms with van der Waals surface area (Å²) in [5.74, 6) is -3.63. The maximum absolute atomic E-state index is 12.7. The topological polar surface area (TPSA) is 127 Å². The number of fused-ring (bicyclic) bond motifs is 1. The summed E-state index contributed by atoms with van der Waals surface area (Å²) in [6, 6.07) is 5.39. The van der Waals surface area contributed by atoms with Gasteiger partial charge in [0, 0.05) is 11.7 Å². The van der Waals surface area contributed by atoms with E-state index < -0.39 is 41.3 Å². The van der Waals surface area contributed by atoms with E-state index >= 15 is 0 Å². The number of aromatic nitrogens is 1. The average molecular weight is 433 g/mol. The zero-order chi connectivity index (χ0) is 23.2. The molecule has 2 aromatic rings. The van der Waals surface area contributed by atoms with Crippen LogP contribution in [0.25, 0.3) is 5.52 Å². The molecule has 0 spiro atoms. The fourth-order valence-corrected chi connectivity index (χ4v) is 3.17. The maximum Gasteiger partial charge on any atom is 0.343 e.